The van der Waals surface area contributed by atoms with Gasteiger partial charge in [0, 0.05) is 13.5 Å². The average molecular weight is 460 g/mol. The first-order chi connectivity index (χ1) is 15.0. The minimum Gasteiger partial charge on any atom is -0.497 e. The number of methoxy groups -OCH3 is 1. The second kappa shape index (κ2) is 11.1. The van der Waals surface area contributed by atoms with Crippen molar-refractivity contribution in [3.8, 4) is 23.0 Å². The number of rotatable bonds is 10. The normalized spacial score (nSPS) is 14.8. The van der Waals surface area contributed by atoms with Gasteiger partial charge in [-0.15, -0.1) is 0 Å². The Balaban J connectivity index is 1.55. The van der Waals surface area contributed by atoms with Crippen LogP contribution in [0.4, 0.5) is 0 Å². The fraction of sp³-hybridized carbons (Fsp3) is 0.304. The van der Waals surface area contributed by atoms with E-state index in [1.807, 2.05) is 55.5 Å². The Morgan fingerprint density at radius 1 is 1.00 bits per heavy atom. The number of carbonyl (C=O) groups excluding carboxylic acids is 1. The van der Waals surface area contributed by atoms with Gasteiger partial charge < -0.3 is 18.9 Å². The molecule has 1 heterocycles. The number of likely N-dealkylation sites (N-methyl/N-ethyl adjacent to an activating group) is 1. The Hall–Kier alpha value is -2.71. The third-order valence-electron chi connectivity index (χ3n) is 4.43. The fourth-order valence-corrected chi connectivity index (χ4v) is 3.98. The van der Waals surface area contributed by atoms with Gasteiger partial charge >= 0.3 is 0 Å². The lowest BCUT2D eigenvalue weighted by atomic mass is 10.2. The molecule has 2 aromatic carbocycles. The number of carbonyl (C=O) groups is 1. The lowest BCUT2D eigenvalue weighted by Crippen LogP contribution is -2.22. The number of amides is 1. The van der Waals surface area contributed by atoms with Gasteiger partial charge in [-0.25, -0.2) is 0 Å². The SMILES string of the molecule is CCOc1cc(C=C2SC(=S)N(C)C2=O)ccc1OCCCOc1ccc(OC)cc1. The minimum absolute atomic E-state index is 0.0925. The van der Waals surface area contributed by atoms with Crippen LogP contribution in [-0.2, 0) is 4.79 Å². The van der Waals surface area contributed by atoms with E-state index in [2.05, 4.69) is 0 Å². The van der Waals surface area contributed by atoms with E-state index in [1.54, 1.807) is 14.2 Å². The van der Waals surface area contributed by atoms with Crippen LogP contribution in [0.25, 0.3) is 6.08 Å². The second-order valence-electron chi connectivity index (χ2n) is 6.61. The predicted octanol–water partition coefficient (Wildman–Crippen LogP) is 4.77. The summed E-state index contributed by atoms with van der Waals surface area (Å²) in [6, 6.07) is 13.1. The highest BCUT2D eigenvalue weighted by Gasteiger charge is 2.28. The summed E-state index contributed by atoms with van der Waals surface area (Å²) in [6.45, 7) is 3.45. The van der Waals surface area contributed by atoms with E-state index in [9.17, 15) is 4.79 Å². The molecule has 0 aromatic heterocycles. The number of ether oxygens (including phenoxy) is 4. The molecule has 1 fully saturated rings. The molecule has 0 radical (unpaired) electrons. The number of hydrogen-bond acceptors (Lipinski definition) is 7. The fourth-order valence-electron chi connectivity index (χ4n) is 2.80. The highest BCUT2D eigenvalue weighted by molar-refractivity contribution is 8.26. The van der Waals surface area contributed by atoms with Gasteiger partial charge in [0.15, 0.2) is 11.5 Å². The zero-order chi connectivity index (χ0) is 22.2. The number of benzene rings is 2. The summed E-state index contributed by atoms with van der Waals surface area (Å²) in [5, 5.41) is 0. The van der Waals surface area contributed by atoms with Crippen LogP contribution in [0.2, 0.25) is 0 Å². The van der Waals surface area contributed by atoms with Crippen molar-refractivity contribution in [3.05, 3.63) is 52.9 Å². The van der Waals surface area contributed by atoms with Gasteiger partial charge in [-0.1, -0.05) is 30.0 Å². The molecular formula is C23H25NO5S2. The first-order valence-corrected chi connectivity index (χ1v) is 11.1. The molecule has 1 aliphatic rings. The summed E-state index contributed by atoms with van der Waals surface area (Å²) in [5.74, 6) is 2.79. The monoisotopic (exact) mass is 459 g/mol. The molecule has 1 saturated heterocycles. The first-order valence-electron chi connectivity index (χ1n) is 9.90. The second-order valence-corrected chi connectivity index (χ2v) is 8.28. The quantitative estimate of drug-likeness (QED) is 0.288. The number of thioether (sulfide) groups is 1. The molecule has 0 aliphatic carbocycles. The maximum absolute atomic E-state index is 12.2. The Kier molecular flexibility index (Phi) is 8.20. The zero-order valence-corrected chi connectivity index (χ0v) is 19.4. The van der Waals surface area contributed by atoms with E-state index < -0.39 is 0 Å². The molecule has 0 atom stereocenters. The third kappa shape index (κ3) is 6.15. The molecule has 0 spiro atoms. The molecule has 31 heavy (non-hydrogen) atoms. The molecule has 0 saturated carbocycles. The van der Waals surface area contributed by atoms with E-state index in [4.69, 9.17) is 31.2 Å². The molecule has 164 valence electrons. The van der Waals surface area contributed by atoms with Crippen LogP contribution in [0, 0.1) is 0 Å². The van der Waals surface area contributed by atoms with E-state index in [0.29, 0.717) is 40.5 Å². The van der Waals surface area contributed by atoms with Crippen molar-refractivity contribution < 1.29 is 23.7 Å². The van der Waals surface area contributed by atoms with Gasteiger partial charge in [0.05, 0.1) is 31.8 Å². The van der Waals surface area contributed by atoms with E-state index in [-0.39, 0.29) is 5.91 Å². The molecule has 0 N–H and O–H groups in total. The Morgan fingerprint density at radius 2 is 1.71 bits per heavy atom. The van der Waals surface area contributed by atoms with Crippen molar-refractivity contribution in [2.45, 2.75) is 13.3 Å². The predicted molar refractivity (Wildman–Crippen MR) is 127 cm³/mol. The largest absolute Gasteiger partial charge is 0.497 e. The molecule has 0 unspecified atom stereocenters. The van der Waals surface area contributed by atoms with Gasteiger partial charge in [0.2, 0.25) is 0 Å². The number of thiocarbonyl (C=S) groups is 1. The molecule has 3 rings (SSSR count). The van der Waals surface area contributed by atoms with Crippen LogP contribution in [0.1, 0.15) is 18.9 Å². The summed E-state index contributed by atoms with van der Waals surface area (Å²) >= 11 is 6.47. The summed E-state index contributed by atoms with van der Waals surface area (Å²) in [4.78, 5) is 14.3. The summed E-state index contributed by atoms with van der Waals surface area (Å²) in [7, 11) is 3.31. The van der Waals surface area contributed by atoms with Gasteiger partial charge in [0.1, 0.15) is 15.8 Å². The molecule has 1 amide bonds. The highest BCUT2D eigenvalue weighted by Crippen LogP contribution is 2.34. The smallest absolute Gasteiger partial charge is 0.265 e. The molecule has 6 nitrogen and oxygen atoms in total. The van der Waals surface area contributed by atoms with E-state index in [1.165, 1.54) is 16.7 Å². The first kappa shape index (κ1) is 23.0. The maximum Gasteiger partial charge on any atom is 0.265 e. The van der Waals surface area contributed by atoms with Crippen molar-refractivity contribution in [2.24, 2.45) is 0 Å². The third-order valence-corrected chi connectivity index (χ3v) is 5.91. The van der Waals surface area contributed by atoms with Crippen LogP contribution in [-0.4, -0.2) is 49.1 Å². The van der Waals surface area contributed by atoms with E-state index >= 15 is 0 Å². The summed E-state index contributed by atoms with van der Waals surface area (Å²) in [6.07, 6.45) is 2.54. The Bertz CT molecular complexity index is 959. The number of nitrogens with zero attached hydrogens (tertiary/aromatic N) is 1. The van der Waals surface area contributed by atoms with Gasteiger partial charge in [0.25, 0.3) is 5.91 Å². The molecule has 2 aromatic rings. The average Bonchev–Trinajstić information content (AvgIpc) is 3.02. The van der Waals surface area contributed by atoms with Crippen LogP contribution in [0.3, 0.4) is 0 Å². The standard InChI is InChI=1S/C23H25NO5S2/c1-4-27-20-14-16(15-21-22(25)24(2)23(30)31-21)6-11-19(20)29-13-5-12-28-18-9-7-17(26-3)8-10-18/h6-11,14-15H,4-5,12-13H2,1-3H3. The zero-order valence-electron chi connectivity index (χ0n) is 17.8. The molecule has 1 aliphatic heterocycles. The van der Waals surface area contributed by atoms with Crippen molar-refractivity contribution in [3.63, 3.8) is 0 Å². The van der Waals surface area contributed by atoms with Gasteiger partial charge in [-0.3, -0.25) is 9.69 Å². The van der Waals surface area contributed by atoms with Gasteiger partial charge in [-0.05, 0) is 55.0 Å². The maximum atomic E-state index is 12.2. The lowest BCUT2D eigenvalue weighted by Gasteiger charge is -2.13. The van der Waals surface area contributed by atoms with Crippen molar-refractivity contribution in [2.75, 3.05) is 34.0 Å². The van der Waals surface area contributed by atoms with Crippen LogP contribution in [0.5, 0.6) is 23.0 Å². The number of hydrogen-bond donors (Lipinski definition) is 0. The van der Waals surface area contributed by atoms with Gasteiger partial charge in [-0.2, -0.15) is 0 Å². The Morgan fingerprint density at radius 3 is 2.35 bits per heavy atom. The lowest BCUT2D eigenvalue weighted by molar-refractivity contribution is -0.121. The molecule has 0 bridgehead atoms. The van der Waals surface area contributed by atoms with E-state index in [0.717, 1.165) is 23.5 Å². The minimum atomic E-state index is -0.0925. The topological polar surface area (TPSA) is 57.2 Å². The molecular weight excluding hydrogens is 434 g/mol. The van der Waals surface area contributed by atoms with Crippen LogP contribution >= 0.6 is 24.0 Å². The van der Waals surface area contributed by atoms with Crippen molar-refractivity contribution in [1.29, 1.82) is 0 Å². The van der Waals surface area contributed by atoms with Crippen LogP contribution < -0.4 is 18.9 Å². The van der Waals surface area contributed by atoms with Crippen molar-refractivity contribution in [1.82, 2.24) is 4.90 Å². The highest BCUT2D eigenvalue weighted by atomic mass is 32.2. The summed E-state index contributed by atoms with van der Waals surface area (Å²) < 4.78 is 23.0. The molecule has 8 heteroatoms. The summed E-state index contributed by atoms with van der Waals surface area (Å²) in [5.41, 5.74) is 0.854. The van der Waals surface area contributed by atoms with Crippen LogP contribution in [0.15, 0.2) is 47.4 Å². The Labute approximate surface area is 192 Å². The van der Waals surface area contributed by atoms with Crippen molar-refractivity contribution >= 4 is 40.3 Å².